The first-order chi connectivity index (χ1) is 1.91. The van der Waals surface area contributed by atoms with Crippen LogP contribution < -0.4 is 29.6 Å². The summed E-state index contributed by atoms with van der Waals surface area (Å²) in [6, 6.07) is 0. The monoisotopic (exact) mass is 98.0 g/mol. The third-order valence-corrected chi connectivity index (χ3v) is 0.167. The largest absolute Gasteiger partial charge is 1.00 e. The standard InChI is InChI=1S/C2H2OS.Na.H/c3-1-2-4;;/h1-2H;;/q;+1;-1. The van der Waals surface area contributed by atoms with Gasteiger partial charge in [-0.15, -0.1) is 0 Å². The number of thiocarbonyl (C=S) groups is 1. The number of hydrogen-bond acceptors (Lipinski definition) is 2. The van der Waals surface area contributed by atoms with E-state index in [-0.39, 0.29) is 31.0 Å². The number of hydrogen-bond donors (Lipinski definition) is 0. The molecule has 0 aliphatic rings. The minimum atomic E-state index is 0. The maximum atomic E-state index is 9.01. The molecule has 0 aromatic carbocycles. The molecule has 0 N–H and O–H groups in total. The van der Waals surface area contributed by atoms with Crippen LogP contribution >= 0.6 is 12.2 Å². The minimum Gasteiger partial charge on any atom is -1.00 e. The first-order valence-electron chi connectivity index (χ1n) is 0.805. The van der Waals surface area contributed by atoms with Crippen LogP contribution in [0.4, 0.5) is 0 Å². The molecule has 0 unspecified atom stereocenters. The Kier molecular flexibility index (Phi) is 16.3. The molecule has 0 spiro atoms. The molecule has 0 aliphatic carbocycles. The van der Waals surface area contributed by atoms with Gasteiger partial charge in [0.1, 0.15) is 0 Å². The van der Waals surface area contributed by atoms with E-state index < -0.39 is 0 Å². The van der Waals surface area contributed by atoms with E-state index in [2.05, 4.69) is 12.2 Å². The number of carbonyl (C=O) groups excluding carboxylic acids is 1. The van der Waals surface area contributed by atoms with Gasteiger partial charge in [0.05, 0.1) is 0 Å². The van der Waals surface area contributed by atoms with Crippen molar-refractivity contribution < 1.29 is 35.8 Å². The van der Waals surface area contributed by atoms with Crippen LogP contribution in [0.25, 0.3) is 0 Å². The maximum absolute atomic E-state index is 9.01. The first kappa shape index (κ1) is 9.23. The number of carbonyl (C=O) groups is 1. The molecule has 1 nitrogen and oxygen atoms in total. The zero-order valence-electron chi connectivity index (χ0n) is 3.97. The Bertz CT molecular complexity index is 34.5. The normalized spacial score (nSPS) is 4.00. The van der Waals surface area contributed by atoms with E-state index >= 15 is 0 Å². The van der Waals surface area contributed by atoms with Crippen molar-refractivity contribution in [1.82, 2.24) is 0 Å². The molecule has 0 heterocycles. The molecular formula is C2H3NaOS. The molecule has 0 amide bonds. The van der Waals surface area contributed by atoms with E-state index in [0.29, 0.717) is 6.29 Å². The molecule has 0 bridgehead atoms. The second-order valence-electron chi connectivity index (χ2n) is 0.272. The Balaban J connectivity index is -0.0000000450. The topological polar surface area (TPSA) is 17.1 Å². The molecule has 0 fully saturated rings. The molecule has 0 aliphatic heterocycles. The average molecular weight is 98.1 g/mol. The Morgan fingerprint density at radius 1 is 1.80 bits per heavy atom. The van der Waals surface area contributed by atoms with Gasteiger partial charge in [0.2, 0.25) is 0 Å². The fraction of sp³-hybridized carbons (Fsp3) is 0. The van der Waals surface area contributed by atoms with Gasteiger partial charge in [-0.3, -0.25) is 4.79 Å². The Morgan fingerprint density at radius 3 is 2.00 bits per heavy atom. The molecule has 0 radical (unpaired) electrons. The fourth-order valence-electron chi connectivity index (χ4n) is 0. The maximum Gasteiger partial charge on any atom is 1.00 e. The van der Waals surface area contributed by atoms with Crippen LogP contribution in [0, 0.1) is 0 Å². The Hall–Kier alpha value is 0.760. The molecule has 24 valence electrons. The summed E-state index contributed by atoms with van der Waals surface area (Å²) in [7, 11) is 0. The summed E-state index contributed by atoms with van der Waals surface area (Å²) in [6.45, 7) is 0. The van der Waals surface area contributed by atoms with Crippen molar-refractivity contribution in [1.29, 1.82) is 0 Å². The van der Waals surface area contributed by atoms with Gasteiger partial charge < -0.3 is 1.43 Å². The third-order valence-electron chi connectivity index (χ3n) is 0.0556. The predicted octanol–water partition coefficient (Wildman–Crippen LogP) is -2.70. The summed E-state index contributed by atoms with van der Waals surface area (Å²) in [6.07, 6.45) is 0.565. The van der Waals surface area contributed by atoms with Gasteiger partial charge in [-0.25, -0.2) is 0 Å². The van der Waals surface area contributed by atoms with Crippen molar-refractivity contribution in [2.75, 3.05) is 0 Å². The van der Waals surface area contributed by atoms with Gasteiger partial charge in [0, 0.05) is 5.37 Å². The molecule has 0 saturated carbocycles. The van der Waals surface area contributed by atoms with Crippen molar-refractivity contribution in [3.05, 3.63) is 0 Å². The van der Waals surface area contributed by atoms with Crippen molar-refractivity contribution in [3.63, 3.8) is 0 Å². The average Bonchev–Trinajstić information content (AvgIpc) is 1.37. The van der Waals surface area contributed by atoms with Crippen LogP contribution in [0.5, 0.6) is 0 Å². The van der Waals surface area contributed by atoms with Crippen molar-refractivity contribution >= 4 is 23.9 Å². The second kappa shape index (κ2) is 8.83. The van der Waals surface area contributed by atoms with Crippen molar-refractivity contribution in [2.45, 2.75) is 0 Å². The molecule has 0 aromatic heterocycles. The van der Waals surface area contributed by atoms with E-state index in [4.69, 9.17) is 4.79 Å². The Labute approximate surface area is 59.5 Å². The smallest absolute Gasteiger partial charge is 1.00 e. The van der Waals surface area contributed by atoms with E-state index in [9.17, 15) is 0 Å². The Morgan fingerprint density at radius 2 is 2.00 bits per heavy atom. The zero-order chi connectivity index (χ0) is 3.41. The van der Waals surface area contributed by atoms with Crippen LogP contribution in [0.15, 0.2) is 0 Å². The van der Waals surface area contributed by atoms with Crippen LogP contribution in [0.1, 0.15) is 1.43 Å². The summed E-state index contributed by atoms with van der Waals surface area (Å²) >= 11 is 4.06. The number of rotatable bonds is 1. The van der Waals surface area contributed by atoms with Crippen LogP contribution in [0.2, 0.25) is 0 Å². The van der Waals surface area contributed by atoms with E-state index in [0.717, 1.165) is 5.37 Å². The van der Waals surface area contributed by atoms with E-state index in [1.54, 1.807) is 0 Å². The summed E-state index contributed by atoms with van der Waals surface area (Å²) in [4.78, 5) is 9.01. The molecule has 5 heavy (non-hydrogen) atoms. The van der Waals surface area contributed by atoms with Gasteiger partial charge >= 0.3 is 29.6 Å². The molecule has 3 heteroatoms. The van der Waals surface area contributed by atoms with Gasteiger partial charge in [0.25, 0.3) is 0 Å². The van der Waals surface area contributed by atoms with E-state index in [1.807, 2.05) is 0 Å². The fourth-order valence-corrected chi connectivity index (χ4v) is 0. The number of aldehydes is 1. The SMILES string of the molecule is O=CC=S.[H-].[Na+]. The zero-order valence-corrected chi connectivity index (χ0v) is 5.79. The third kappa shape index (κ3) is 11.7. The molecule has 0 rings (SSSR count). The van der Waals surface area contributed by atoms with Gasteiger partial charge in [-0.1, -0.05) is 12.2 Å². The van der Waals surface area contributed by atoms with Crippen LogP contribution in [0.3, 0.4) is 0 Å². The van der Waals surface area contributed by atoms with Gasteiger partial charge in [0.15, 0.2) is 6.29 Å². The molecule has 0 aromatic rings. The summed E-state index contributed by atoms with van der Waals surface area (Å²) in [5.74, 6) is 0. The predicted molar refractivity (Wildman–Crippen MR) is 20.8 cm³/mol. The second-order valence-corrected chi connectivity index (χ2v) is 0.544. The van der Waals surface area contributed by atoms with E-state index in [1.165, 1.54) is 0 Å². The first-order valence-corrected chi connectivity index (χ1v) is 1.28. The van der Waals surface area contributed by atoms with Gasteiger partial charge in [-0.2, -0.15) is 0 Å². The summed E-state index contributed by atoms with van der Waals surface area (Å²) in [5, 5.41) is 1.03. The van der Waals surface area contributed by atoms with Crippen LogP contribution in [-0.2, 0) is 4.79 Å². The molecule has 0 saturated heterocycles. The van der Waals surface area contributed by atoms with Crippen molar-refractivity contribution in [3.8, 4) is 0 Å². The summed E-state index contributed by atoms with van der Waals surface area (Å²) < 4.78 is 0. The quantitative estimate of drug-likeness (QED) is 0.202. The van der Waals surface area contributed by atoms with Gasteiger partial charge in [-0.05, 0) is 0 Å². The molecular weight excluding hydrogens is 95.1 g/mol. The minimum absolute atomic E-state index is 0. The van der Waals surface area contributed by atoms with Crippen LogP contribution in [-0.4, -0.2) is 11.7 Å². The summed E-state index contributed by atoms with van der Waals surface area (Å²) in [5.41, 5.74) is 0. The molecule has 0 atom stereocenters. The van der Waals surface area contributed by atoms with Crippen molar-refractivity contribution in [2.24, 2.45) is 0 Å².